The summed E-state index contributed by atoms with van der Waals surface area (Å²) in [5.74, 6) is 0.458. The van der Waals surface area contributed by atoms with Gasteiger partial charge < -0.3 is 4.74 Å². The maximum atomic E-state index is 13.9. The first kappa shape index (κ1) is 23.0. The predicted octanol–water partition coefficient (Wildman–Crippen LogP) is 4.75. The molecule has 1 aliphatic heterocycles. The van der Waals surface area contributed by atoms with Crippen LogP contribution >= 0.6 is 22.7 Å². The van der Waals surface area contributed by atoms with Gasteiger partial charge in [0, 0.05) is 6.54 Å². The third-order valence-corrected chi connectivity index (χ3v) is 10.1. The number of nitrogens with zero attached hydrogens (tertiary/aromatic N) is 3. The van der Waals surface area contributed by atoms with Crippen molar-refractivity contribution in [2.45, 2.75) is 29.6 Å². The van der Waals surface area contributed by atoms with E-state index in [-0.39, 0.29) is 10.1 Å². The van der Waals surface area contributed by atoms with E-state index in [4.69, 9.17) is 9.72 Å². The summed E-state index contributed by atoms with van der Waals surface area (Å²) in [5.41, 5.74) is 1.71. The molecule has 10 heteroatoms. The van der Waals surface area contributed by atoms with E-state index < -0.39 is 16.1 Å². The zero-order valence-electron chi connectivity index (χ0n) is 18.5. The fraction of sp³-hybridized carbons (Fsp3) is 0.250. The van der Waals surface area contributed by atoms with E-state index in [2.05, 4.69) is 0 Å². The summed E-state index contributed by atoms with van der Waals surface area (Å²) in [7, 11) is -2.13. The number of anilines is 1. The van der Waals surface area contributed by atoms with Gasteiger partial charge in [-0.05, 0) is 48.1 Å². The lowest BCUT2D eigenvalue weighted by Crippen LogP contribution is -2.47. The van der Waals surface area contributed by atoms with Gasteiger partial charge >= 0.3 is 0 Å². The van der Waals surface area contributed by atoms with Crippen LogP contribution in [0, 0.1) is 0 Å². The van der Waals surface area contributed by atoms with Gasteiger partial charge in [0.15, 0.2) is 5.13 Å². The number of amides is 1. The highest BCUT2D eigenvalue weighted by atomic mass is 32.2. The first-order valence-corrected chi connectivity index (χ1v) is 14.0. The summed E-state index contributed by atoms with van der Waals surface area (Å²) in [6.07, 6.45) is 1.12. The summed E-state index contributed by atoms with van der Waals surface area (Å²) >= 11 is 2.56. The minimum atomic E-state index is -3.74. The smallest absolute Gasteiger partial charge is 0.253 e. The third kappa shape index (κ3) is 4.34. The second-order valence-corrected chi connectivity index (χ2v) is 12.0. The van der Waals surface area contributed by atoms with Gasteiger partial charge in [0.05, 0.1) is 23.9 Å². The molecule has 2 aromatic carbocycles. The zero-order chi connectivity index (χ0) is 23.7. The lowest BCUT2D eigenvalue weighted by atomic mass is 10.1. The van der Waals surface area contributed by atoms with Crippen LogP contribution in [0.2, 0.25) is 0 Å². The molecular weight excluding hydrogens is 490 g/mol. The number of thiazole rings is 1. The van der Waals surface area contributed by atoms with Crippen molar-refractivity contribution in [2.24, 2.45) is 0 Å². The minimum absolute atomic E-state index is 0.257. The standard InChI is InChI=1S/C24H23N3O4S3/c1-31-18-11-12-19-21(15-18)33-24(25-19)26(16-17-7-3-2-4-8-17)23(28)20-9-5-13-27(20)34(29,30)22-10-6-14-32-22/h2-4,6-8,10-12,14-15,20H,5,9,13,16H2,1H3. The first-order valence-electron chi connectivity index (χ1n) is 10.8. The molecule has 0 N–H and O–H groups in total. The van der Waals surface area contributed by atoms with Crippen LogP contribution in [-0.2, 0) is 21.4 Å². The lowest BCUT2D eigenvalue weighted by Gasteiger charge is -2.28. The first-order chi connectivity index (χ1) is 16.5. The molecular formula is C24H23N3O4S3. The van der Waals surface area contributed by atoms with Gasteiger partial charge in [0.25, 0.3) is 10.0 Å². The summed E-state index contributed by atoms with van der Waals surface area (Å²) in [6.45, 7) is 0.632. The molecule has 5 rings (SSSR count). The molecule has 1 unspecified atom stereocenters. The van der Waals surface area contributed by atoms with Crippen molar-refractivity contribution in [3.05, 3.63) is 71.6 Å². The van der Waals surface area contributed by atoms with Gasteiger partial charge in [0.1, 0.15) is 16.0 Å². The van der Waals surface area contributed by atoms with Crippen molar-refractivity contribution in [2.75, 3.05) is 18.6 Å². The second-order valence-electron chi connectivity index (χ2n) is 7.95. The van der Waals surface area contributed by atoms with E-state index >= 15 is 0 Å². The van der Waals surface area contributed by atoms with Crippen molar-refractivity contribution in [1.29, 1.82) is 0 Å². The highest BCUT2D eigenvalue weighted by Crippen LogP contribution is 2.35. The molecule has 1 atom stereocenters. The van der Waals surface area contributed by atoms with Crippen LogP contribution in [0.25, 0.3) is 10.2 Å². The fourth-order valence-corrected chi connectivity index (χ4v) is 7.89. The highest BCUT2D eigenvalue weighted by Gasteiger charge is 2.42. The molecule has 0 bridgehead atoms. The largest absolute Gasteiger partial charge is 0.497 e. The number of thiophene rings is 1. The number of hydrogen-bond acceptors (Lipinski definition) is 7. The lowest BCUT2D eigenvalue weighted by molar-refractivity contribution is -0.121. The predicted molar refractivity (Wildman–Crippen MR) is 135 cm³/mol. The van der Waals surface area contributed by atoms with Crippen molar-refractivity contribution in [1.82, 2.24) is 9.29 Å². The van der Waals surface area contributed by atoms with Crippen LogP contribution in [0.3, 0.4) is 0 Å². The number of rotatable bonds is 7. The van der Waals surface area contributed by atoms with Crippen LogP contribution < -0.4 is 9.64 Å². The molecule has 7 nitrogen and oxygen atoms in total. The van der Waals surface area contributed by atoms with Gasteiger partial charge in [0.2, 0.25) is 5.91 Å². The average Bonchev–Trinajstić information content (AvgIpc) is 3.62. The minimum Gasteiger partial charge on any atom is -0.497 e. The van der Waals surface area contributed by atoms with E-state index in [9.17, 15) is 13.2 Å². The Morgan fingerprint density at radius 3 is 2.74 bits per heavy atom. The quantitative estimate of drug-likeness (QED) is 0.356. The molecule has 0 aliphatic carbocycles. The van der Waals surface area contributed by atoms with Crippen molar-refractivity contribution in [3.63, 3.8) is 0 Å². The van der Waals surface area contributed by atoms with Crippen LogP contribution in [0.1, 0.15) is 18.4 Å². The number of methoxy groups -OCH3 is 1. The molecule has 0 spiro atoms. The Hall–Kier alpha value is -2.79. The summed E-state index contributed by atoms with van der Waals surface area (Å²) in [6, 6.07) is 17.8. The Morgan fingerprint density at radius 1 is 1.18 bits per heavy atom. The molecule has 4 aromatic rings. The fourth-order valence-electron chi connectivity index (χ4n) is 4.12. The van der Waals surface area contributed by atoms with E-state index in [1.54, 1.807) is 29.5 Å². The molecule has 176 valence electrons. The van der Waals surface area contributed by atoms with Gasteiger partial charge in [-0.1, -0.05) is 47.7 Å². The van der Waals surface area contributed by atoms with E-state index in [0.717, 1.165) is 15.8 Å². The topological polar surface area (TPSA) is 79.8 Å². The normalized spacial score (nSPS) is 16.7. The molecule has 1 aliphatic rings. The number of benzene rings is 2. The van der Waals surface area contributed by atoms with Gasteiger partial charge in [-0.15, -0.1) is 11.3 Å². The molecule has 34 heavy (non-hydrogen) atoms. The van der Waals surface area contributed by atoms with Crippen LogP contribution in [0.5, 0.6) is 5.75 Å². The van der Waals surface area contributed by atoms with Crippen LogP contribution in [0.15, 0.2) is 70.3 Å². The maximum absolute atomic E-state index is 13.9. The number of ether oxygens (including phenoxy) is 1. The molecule has 1 saturated heterocycles. The van der Waals surface area contributed by atoms with Crippen LogP contribution in [0.4, 0.5) is 5.13 Å². The Balaban J connectivity index is 1.53. The Labute approximate surface area is 206 Å². The Bertz CT molecular complexity index is 1400. The Morgan fingerprint density at radius 2 is 2.00 bits per heavy atom. The molecule has 0 radical (unpaired) electrons. The SMILES string of the molecule is COc1ccc2nc(N(Cc3ccccc3)C(=O)C3CCCN3S(=O)(=O)c3cccs3)sc2c1. The summed E-state index contributed by atoms with van der Waals surface area (Å²) < 4.78 is 34.4. The van der Waals surface area contributed by atoms with Crippen molar-refractivity contribution < 1.29 is 17.9 Å². The zero-order valence-corrected chi connectivity index (χ0v) is 20.9. The number of fused-ring (bicyclic) bond motifs is 1. The number of carbonyl (C=O) groups excluding carboxylic acids is 1. The highest BCUT2D eigenvalue weighted by molar-refractivity contribution is 7.91. The number of sulfonamides is 1. The molecule has 2 aromatic heterocycles. The molecule has 3 heterocycles. The summed E-state index contributed by atoms with van der Waals surface area (Å²) in [5, 5.41) is 2.27. The van der Waals surface area contributed by atoms with Gasteiger partial charge in [-0.25, -0.2) is 13.4 Å². The van der Waals surface area contributed by atoms with Crippen LogP contribution in [-0.4, -0.2) is 43.3 Å². The molecule has 1 fully saturated rings. The van der Waals surface area contributed by atoms with E-state index in [0.29, 0.717) is 36.8 Å². The number of hydrogen-bond donors (Lipinski definition) is 0. The monoisotopic (exact) mass is 513 g/mol. The molecule has 1 amide bonds. The number of aromatic nitrogens is 1. The average molecular weight is 514 g/mol. The second kappa shape index (κ2) is 9.46. The van der Waals surface area contributed by atoms with E-state index in [1.807, 2.05) is 48.5 Å². The van der Waals surface area contributed by atoms with E-state index in [1.165, 1.54) is 27.0 Å². The van der Waals surface area contributed by atoms with Gasteiger partial charge in [-0.3, -0.25) is 9.69 Å². The van der Waals surface area contributed by atoms with Crippen molar-refractivity contribution >= 4 is 54.0 Å². The third-order valence-electron chi connectivity index (χ3n) is 5.81. The van der Waals surface area contributed by atoms with Gasteiger partial charge in [-0.2, -0.15) is 4.31 Å². The Kier molecular flexibility index (Phi) is 6.39. The molecule has 0 saturated carbocycles. The summed E-state index contributed by atoms with van der Waals surface area (Å²) in [4.78, 5) is 20.3. The number of carbonyl (C=O) groups is 1. The van der Waals surface area contributed by atoms with Crippen molar-refractivity contribution in [3.8, 4) is 5.75 Å². The maximum Gasteiger partial charge on any atom is 0.253 e.